The monoisotopic (exact) mass is 545 g/mol. The molecule has 0 heterocycles. The van der Waals surface area contributed by atoms with Crippen LogP contribution in [0.15, 0.2) is 0 Å². The SMILES string of the molecule is [CH2]CC.[I][SnH]([I])[I]. The van der Waals surface area contributed by atoms with Crippen LogP contribution < -0.4 is 0 Å². The summed E-state index contributed by atoms with van der Waals surface area (Å²) in [6, 6.07) is 0. The van der Waals surface area contributed by atoms with Crippen molar-refractivity contribution < 1.29 is 0 Å². The second kappa shape index (κ2) is 11.7. The fourth-order valence-corrected chi connectivity index (χ4v) is 0. The maximum absolute atomic E-state index is 3.49. The summed E-state index contributed by atoms with van der Waals surface area (Å²) in [6.07, 6.45) is 1.00. The molecule has 7 heavy (non-hydrogen) atoms. The van der Waals surface area contributed by atoms with E-state index < -0.39 is 7.86 Å². The summed E-state index contributed by atoms with van der Waals surface area (Å²) >= 11 is 7.58. The van der Waals surface area contributed by atoms with E-state index in [9.17, 15) is 0 Å². The molecule has 0 atom stereocenters. The van der Waals surface area contributed by atoms with Crippen molar-refractivity contribution in [1.82, 2.24) is 0 Å². The van der Waals surface area contributed by atoms with Gasteiger partial charge in [0.05, 0.1) is 0 Å². The van der Waals surface area contributed by atoms with E-state index in [1.807, 2.05) is 6.92 Å². The molecule has 0 nitrogen and oxygen atoms in total. The van der Waals surface area contributed by atoms with Crippen molar-refractivity contribution in [3.05, 3.63) is 6.92 Å². The first-order valence-corrected chi connectivity index (χ1v) is 30.7. The molecule has 0 aliphatic heterocycles. The average Bonchev–Trinajstić information content (AvgIpc) is 1.33. The Balaban J connectivity index is 0. The van der Waals surface area contributed by atoms with E-state index in [1.54, 1.807) is 0 Å². The Morgan fingerprint density at radius 1 is 1.43 bits per heavy atom. The Labute approximate surface area is 81.9 Å². The van der Waals surface area contributed by atoms with E-state index in [1.165, 1.54) is 0 Å². The molecule has 0 fully saturated rings. The Bertz CT molecular complexity index is 21.4. The van der Waals surface area contributed by atoms with E-state index in [2.05, 4.69) is 62.8 Å². The third-order valence-electron chi connectivity index (χ3n) is 0. The average molecular weight is 544 g/mol. The topological polar surface area (TPSA) is 0 Å². The van der Waals surface area contributed by atoms with E-state index in [0.29, 0.717) is 0 Å². The fraction of sp³-hybridized carbons (Fsp3) is 0.667. The minimum absolute atomic E-state index is 0.727. The van der Waals surface area contributed by atoms with Crippen LogP contribution in [0.2, 0.25) is 0 Å². The Kier molecular flexibility index (Phi) is 21.2. The van der Waals surface area contributed by atoms with Crippen LogP contribution in [0.1, 0.15) is 13.3 Å². The first-order chi connectivity index (χ1) is 3.15. The molecule has 0 aromatic rings. The molecule has 0 N–H and O–H groups in total. The maximum atomic E-state index is 3.49. The molecule has 0 rings (SSSR count). The van der Waals surface area contributed by atoms with Gasteiger partial charge in [-0.3, -0.25) is 0 Å². The van der Waals surface area contributed by atoms with Crippen LogP contribution in [0.25, 0.3) is 0 Å². The summed E-state index contributed by atoms with van der Waals surface area (Å²) in [5.41, 5.74) is 0. The quantitative estimate of drug-likeness (QED) is 0.325. The predicted molar refractivity (Wildman–Crippen MR) is 64.9 cm³/mol. The molecule has 45 valence electrons. The number of halogens is 3. The van der Waals surface area contributed by atoms with E-state index >= 15 is 0 Å². The van der Waals surface area contributed by atoms with E-state index in [-0.39, 0.29) is 0 Å². The molecule has 0 aliphatic rings. The van der Waals surface area contributed by atoms with Crippen LogP contribution in [0, 0.1) is 6.92 Å². The minimum atomic E-state index is -0.727. The number of hydrogen-bond donors (Lipinski definition) is 0. The number of hydrogen-bond acceptors (Lipinski definition) is 0. The van der Waals surface area contributed by atoms with Crippen molar-refractivity contribution in [3.63, 3.8) is 0 Å². The third-order valence-corrected chi connectivity index (χ3v) is 0. The van der Waals surface area contributed by atoms with Gasteiger partial charge in [0.2, 0.25) is 0 Å². The van der Waals surface area contributed by atoms with Gasteiger partial charge in [-0.2, -0.15) is 0 Å². The molecule has 0 bridgehead atoms. The van der Waals surface area contributed by atoms with Crippen LogP contribution in [0.4, 0.5) is 0 Å². The Hall–Kier alpha value is 2.99. The van der Waals surface area contributed by atoms with Gasteiger partial charge in [-0.05, 0) is 0 Å². The Morgan fingerprint density at radius 3 is 1.43 bits per heavy atom. The molecule has 0 spiro atoms. The van der Waals surface area contributed by atoms with E-state index in [0.717, 1.165) is 6.42 Å². The third kappa shape index (κ3) is 49.2. The van der Waals surface area contributed by atoms with Crippen LogP contribution in [-0.2, 0) is 0 Å². The van der Waals surface area contributed by atoms with Gasteiger partial charge in [0.1, 0.15) is 0 Å². The fourth-order valence-electron chi connectivity index (χ4n) is 0. The zero-order valence-corrected chi connectivity index (χ0v) is 13.9. The predicted octanol–water partition coefficient (Wildman–Crippen LogP) is 3.24. The van der Waals surface area contributed by atoms with Crippen LogP contribution in [0.5, 0.6) is 0 Å². The molecule has 4 heteroatoms. The summed E-state index contributed by atoms with van der Waals surface area (Å²) < 4.78 is 0. The number of rotatable bonds is 0. The van der Waals surface area contributed by atoms with Gasteiger partial charge in [-0.15, -0.1) is 0 Å². The molecular weight excluding hydrogens is 535 g/mol. The van der Waals surface area contributed by atoms with Crippen molar-refractivity contribution in [2.75, 3.05) is 0 Å². The molecule has 0 saturated carbocycles. The molecule has 0 aliphatic carbocycles. The zero-order chi connectivity index (χ0) is 6.28. The molecular formula is C3H8I3Sn. The van der Waals surface area contributed by atoms with Crippen molar-refractivity contribution in [2.45, 2.75) is 13.3 Å². The molecule has 0 aromatic carbocycles. The molecule has 0 saturated heterocycles. The van der Waals surface area contributed by atoms with Gasteiger partial charge in [0, 0.05) is 0 Å². The Morgan fingerprint density at radius 2 is 1.43 bits per heavy atom. The standard InChI is InChI=1S/C3H7.3HI.Sn.H/c1-3-2;;;;;/h1,3H2,2H3;3*1H;;/q;;;;+3;/p-3. The first-order valence-electron chi connectivity index (χ1n) is 1.86. The van der Waals surface area contributed by atoms with Gasteiger partial charge >= 0.3 is 63.8 Å². The van der Waals surface area contributed by atoms with Crippen LogP contribution >= 0.6 is 55.9 Å². The summed E-state index contributed by atoms with van der Waals surface area (Å²) in [4.78, 5) is 0. The van der Waals surface area contributed by atoms with Gasteiger partial charge < -0.3 is 0 Å². The molecule has 0 aromatic heterocycles. The summed E-state index contributed by atoms with van der Waals surface area (Å²) in [6.45, 7) is 5.50. The van der Waals surface area contributed by atoms with Crippen LogP contribution in [0.3, 0.4) is 0 Å². The van der Waals surface area contributed by atoms with Gasteiger partial charge in [-0.1, -0.05) is 20.3 Å². The molecule has 0 amide bonds. The normalized spacial score (nSPS) is 7.71. The van der Waals surface area contributed by atoms with Gasteiger partial charge in [0.25, 0.3) is 0 Å². The molecule has 0 unspecified atom stereocenters. The van der Waals surface area contributed by atoms with Crippen molar-refractivity contribution in [3.8, 4) is 0 Å². The summed E-state index contributed by atoms with van der Waals surface area (Å²) in [7, 11) is -0.727. The van der Waals surface area contributed by atoms with Crippen molar-refractivity contribution in [2.24, 2.45) is 0 Å². The summed E-state index contributed by atoms with van der Waals surface area (Å²) in [5, 5.41) is 0. The van der Waals surface area contributed by atoms with Gasteiger partial charge in [-0.25, -0.2) is 0 Å². The second-order valence-electron chi connectivity index (χ2n) is 0.747. The van der Waals surface area contributed by atoms with Crippen molar-refractivity contribution >= 4 is 63.8 Å². The van der Waals surface area contributed by atoms with Crippen molar-refractivity contribution in [1.29, 1.82) is 0 Å². The summed E-state index contributed by atoms with van der Waals surface area (Å²) in [5.74, 6) is 0. The second-order valence-corrected chi connectivity index (χ2v) is 75.2. The molecule has 1 radical (unpaired) electrons. The van der Waals surface area contributed by atoms with Gasteiger partial charge in [0.15, 0.2) is 0 Å². The van der Waals surface area contributed by atoms with Crippen LogP contribution in [-0.4, -0.2) is 7.86 Å². The first kappa shape index (κ1) is 12.6. The zero-order valence-electron chi connectivity index (χ0n) is 4.13. The van der Waals surface area contributed by atoms with E-state index in [4.69, 9.17) is 0 Å².